The Morgan fingerprint density at radius 1 is 0.971 bits per heavy atom. The average molecular weight is 493 g/mol. The molecule has 3 aromatic carbocycles. The Morgan fingerprint density at radius 3 is 2.38 bits per heavy atom. The first-order valence-electron chi connectivity index (χ1n) is 10.7. The first kappa shape index (κ1) is 23.8. The van der Waals surface area contributed by atoms with E-state index in [2.05, 4.69) is 4.98 Å². The Balaban J connectivity index is 1.72. The fourth-order valence-electron chi connectivity index (χ4n) is 3.63. The number of aromatic nitrogens is 1. The number of carboxylic acids is 1. The third-order valence-electron chi connectivity index (χ3n) is 5.35. The highest BCUT2D eigenvalue weighted by atomic mass is 32.3. The van der Waals surface area contributed by atoms with Crippen LogP contribution in [0.4, 0.5) is 5.69 Å². The summed E-state index contributed by atoms with van der Waals surface area (Å²) in [4.78, 5) is 16.4. The molecule has 0 saturated heterocycles. The fraction of sp³-hybridized carbons (Fsp3) is 0.154. The lowest BCUT2D eigenvalue weighted by Gasteiger charge is -2.23. The second-order valence-corrected chi connectivity index (χ2v) is 11.0. The van der Waals surface area contributed by atoms with Gasteiger partial charge in [-0.3, -0.25) is 4.98 Å². The second-order valence-electron chi connectivity index (χ2n) is 8.05. The van der Waals surface area contributed by atoms with E-state index in [0.29, 0.717) is 17.0 Å². The van der Waals surface area contributed by atoms with Crippen molar-refractivity contribution in [2.75, 3.05) is 3.71 Å². The molecule has 0 aliphatic rings. The van der Waals surface area contributed by atoms with E-state index in [1.165, 1.54) is 15.8 Å². The van der Waals surface area contributed by atoms with Gasteiger partial charge < -0.3 is 5.11 Å². The van der Waals surface area contributed by atoms with E-state index in [4.69, 9.17) is 0 Å². The number of carbonyl (C=O) groups is 1. The number of sulfonamides is 1. The molecule has 0 amide bonds. The standard InChI is InChI=1S/C26H24N2O4S2/c1-18(2)23-15-14-22(16-24(23)26(29)30)34(31,32)28(21-9-4-3-5-10-21)33-17-20-13-12-19-8-6-7-11-25(19)27-20/h3-16,18H,17H2,1-2H3,(H,29,30). The lowest BCUT2D eigenvalue weighted by atomic mass is 9.97. The number of nitrogens with zero attached hydrogens (tertiary/aromatic N) is 2. The van der Waals surface area contributed by atoms with Crippen LogP contribution >= 0.6 is 11.9 Å². The molecule has 0 saturated carbocycles. The Bertz CT molecular complexity index is 1440. The quantitative estimate of drug-likeness (QED) is 0.299. The van der Waals surface area contributed by atoms with Crippen molar-refractivity contribution in [3.05, 3.63) is 102 Å². The highest BCUT2D eigenvalue weighted by Crippen LogP contribution is 2.33. The van der Waals surface area contributed by atoms with Gasteiger partial charge in [-0.25, -0.2) is 16.9 Å². The summed E-state index contributed by atoms with van der Waals surface area (Å²) in [7, 11) is -4.06. The second kappa shape index (κ2) is 9.87. The van der Waals surface area contributed by atoms with Crippen molar-refractivity contribution in [2.24, 2.45) is 0 Å². The van der Waals surface area contributed by atoms with Gasteiger partial charge in [0.1, 0.15) is 0 Å². The van der Waals surface area contributed by atoms with Crippen LogP contribution in [0.2, 0.25) is 0 Å². The number of rotatable bonds is 8. The zero-order valence-electron chi connectivity index (χ0n) is 18.8. The third-order valence-corrected chi connectivity index (χ3v) is 8.62. The molecule has 0 spiro atoms. The molecule has 6 nitrogen and oxygen atoms in total. The highest BCUT2D eigenvalue weighted by Gasteiger charge is 2.28. The van der Waals surface area contributed by atoms with Gasteiger partial charge in [0.2, 0.25) is 0 Å². The van der Waals surface area contributed by atoms with Gasteiger partial charge in [-0.2, -0.15) is 0 Å². The Morgan fingerprint density at radius 2 is 1.68 bits per heavy atom. The van der Waals surface area contributed by atoms with Gasteiger partial charge in [-0.05, 0) is 59.8 Å². The van der Waals surface area contributed by atoms with Gasteiger partial charge in [0, 0.05) is 5.39 Å². The van der Waals surface area contributed by atoms with E-state index in [0.717, 1.165) is 28.5 Å². The maximum absolute atomic E-state index is 13.7. The summed E-state index contributed by atoms with van der Waals surface area (Å²) in [6, 6.07) is 24.6. The van der Waals surface area contributed by atoms with E-state index < -0.39 is 16.0 Å². The Hall–Kier alpha value is -3.36. The van der Waals surface area contributed by atoms with E-state index in [9.17, 15) is 18.3 Å². The van der Waals surface area contributed by atoms with Crippen molar-refractivity contribution in [1.82, 2.24) is 4.98 Å². The van der Waals surface area contributed by atoms with Crippen LogP contribution in [0.25, 0.3) is 10.9 Å². The Labute approximate surface area is 203 Å². The zero-order chi connectivity index (χ0) is 24.3. The SMILES string of the molecule is CC(C)c1ccc(S(=O)(=O)N(SCc2ccc3ccccc3n2)c2ccccc2)cc1C(=O)O. The molecule has 0 aliphatic carbocycles. The number of carboxylic acid groups (broad SMARTS) is 1. The lowest BCUT2D eigenvalue weighted by molar-refractivity contribution is 0.0695. The molecule has 0 aliphatic heterocycles. The molecule has 174 valence electrons. The smallest absolute Gasteiger partial charge is 0.336 e. The normalized spacial score (nSPS) is 11.6. The first-order chi connectivity index (χ1) is 16.3. The van der Waals surface area contributed by atoms with Crippen molar-refractivity contribution in [2.45, 2.75) is 30.4 Å². The number of anilines is 1. The molecule has 0 atom stereocenters. The topological polar surface area (TPSA) is 87.6 Å². The predicted molar refractivity (Wildman–Crippen MR) is 137 cm³/mol. The van der Waals surface area contributed by atoms with Gasteiger partial charge in [-0.15, -0.1) is 0 Å². The fourth-order valence-corrected chi connectivity index (χ4v) is 6.38. The van der Waals surface area contributed by atoms with Crippen LogP contribution in [-0.4, -0.2) is 24.5 Å². The van der Waals surface area contributed by atoms with Crippen LogP contribution in [0.3, 0.4) is 0 Å². The summed E-state index contributed by atoms with van der Waals surface area (Å²) in [5, 5.41) is 10.7. The van der Waals surface area contributed by atoms with Crippen LogP contribution < -0.4 is 3.71 Å². The van der Waals surface area contributed by atoms with Gasteiger partial charge >= 0.3 is 5.97 Å². The summed E-state index contributed by atoms with van der Waals surface area (Å²) >= 11 is 1.10. The van der Waals surface area contributed by atoms with Crippen LogP contribution in [0, 0.1) is 0 Å². The number of pyridine rings is 1. The molecule has 0 fully saturated rings. The van der Waals surface area contributed by atoms with Crippen LogP contribution in [0.1, 0.15) is 41.4 Å². The molecule has 8 heteroatoms. The maximum Gasteiger partial charge on any atom is 0.336 e. The van der Waals surface area contributed by atoms with Crippen molar-refractivity contribution in [3.8, 4) is 0 Å². The predicted octanol–water partition coefficient (Wildman–Crippen LogP) is 6.10. The summed E-state index contributed by atoms with van der Waals surface area (Å²) in [6.07, 6.45) is 0. The highest BCUT2D eigenvalue weighted by molar-refractivity contribution is 8.14. The number of hydrogen-bond acceptors (Lipinski definition) is 5. The van der Waals surface area contributed by atoms with E-state index in [-0.39, 0.29) is 16.4 Å². The summed E-state index contributed by atoms with van der Waals surface area (Å²) in [5.74, 6) is -0.893. The monoisotopic (exact) mass is 492 g/mol. The van der Waals surface area contributed by atoms with Crippen LogP contribution in [0.5, 0.6) is 0 Å². The molecule has 1 N–H and O–H groups in total. The van der Waals surface area contributed by atoms with Crippen molar-refractivity contribution in [3.63, 3.8) is 0 Å². The summed E-state index contributed by atoms with van der Waals surface area (Å²) < 4.78 is 28.7. The molecule has 0 unspecified atom stereocenters. The molecule has 4 aromatic rings. The number of para-hydroxylation sites is 2. The number of fused-ring (bicyclic) bond motifs is 1. The third kappa shape index (κ3) is 4.93. The van der Waals surface area contributed by atoms with Crippen molar-refractivity contribution >= 4 is 44.5 Å². The van der Waals surface area contributed by atoms with E-state index in [1.807, 2.05) is 56.3 Å². The lowest BCUT2D eigenvalue weighted by Crippen LogP contribution is -2.25. The summed E-state index contributed by atoms with van der Waals surface area (Å²) in [5.41, 5.74) is 2.63. The number of aromatic carboxylic acids is 1. The minimum absolute atomic E-state index is 0.00900. The molecule has 4 rings (SSSR count). The minimum Gasteiger partial charge on any atom is -0.478 e. The first-order valence-corrected chi connectivity index (χ1v) is 13.1. The van der Waals surface area contributed by atoms with Crippen molar-refractivity contribution in [1.29, 1.82) is 0 Å². The molecule has 0 bridgehead atoms. The van der Waals surface area contributed by atoms with Gasteiger partial charge in [0.05, 0.1) is 33.1 Å². The number of hydrogen-bond donors (Lipinski definition) is 1. The molecule has 34 heavy (non-hydrogen) atoms. The van der Waals surface area contributed by atoms with E-state index in [1.54, 1.807) is 30.3 Å². The van der Waals surface area contributed by atoms with Crippen molar-refractivity contribution < 1.29 is 18.3 Å². The number of benzene rings is 3. The Kier molecular flexibility index (Phi) is 6.90. The molecular formula is C26H24N2O4S2. The van der Waals surface area contributed by atoms with Gasteiger partial charge in [0.15, 0.2) is 0 Å². The zero-order valence-corrected chi connectivity index (χ0v) is 20.4. The largest absolute Gasteiger partial charge is 0.478 e. The molecular weight excluding hydrogens is 468 g/mol. The molecule has 0 radical (unpaired) electrons. The summed E-state index contributed by atoms with van der Waals surface area (Å²) in [6.45, 7) is 3.75. The van der Waals surface area contributed by atoms with Gasteiger partial charge in [0.25, 0.3) is 10.0 Å². The van der Waals surface area contributed by atoms with Crippen LogP contribution in [-0.2, 0) is 15.8 Å². The maximum atomic E-state index is 13.7. The van der Waals surface area contributed by atoms with Crippen LogP contribution in [0.15, 0.2) is 89.8 Å². The molecule has 1 aromatic heterocycles. The van der Waals surface area contributed by atoms with Gasteiger partial charge in [-0.1, -0.05) is 62.4 Å². The minimum atomic E-state index is -4.06. The molecule has 1 heterocycles. The average Bonchev–Trinajstić information content (AvgIpc) is 2.84. The van der Waals surface area contributed by atoms with E-state index >= 15 is 0 Å².